The van der Waals surface area contributed by atoms with Gasteiger partial charge in [-0.1, -0.05) is 0 Å². The number of hydrogen-bond donors (Lipinski definition) is 0. The smallest absolute Gasteiger partial charge is 0.0766 e. The minimum atomic E-state index is 0.299. The fourth-order valence-electron chi connectivity index (χ4n) is 9.30. The molecule has 5 heteroatoms. The maximum atomic E-state index is 7.28. The van der Waals surface area contributed by atoms with Crippen molar-refractivity contribution in [3.8, 4) is 0 Å². The van der Waals surface area contributed by atoms with E-state index in [0.717, 1.165) is 85.3 Å². The van der Waals surface area contributed by atoms with Crippen LogP contribution in [0.15, 0.2) is 0 Å². The van der Waals surface area contributed by atoms with Crippen LogP contribution in [0.1, 0.15) is 19.3 Å². The Kier molecular flexibility index (Phi) is 3.52. The van der Waals surface area contributed by atoms with Crippen LogP contribution < -0.4 is 0 Å². The number of ether oxygens (including phenoxy) is 3. The zero-order chi connectivity index (χ0) is 16.9. The Morgan fingerprint density at radius 3 is 2.12 bits per heavy atom. The van der Waals surface area contributed by atoms with Crippen LogP contribution in [-0.2, 0) is 14.2 Å². The molecule has 10 unspecified atom stereocenters. The second-order valence-electron chi connectivity index (χ2n) is 9.78. The van der Waals surface area contributed by atoms with Gasteiger partial charge >= 0.3 is 0 Å². The SMILES string of the molecule is C1COCCSCCC23OC4(CCSCCO1)C1CC5C1C1C4C2C5C13. The average Bonchev–Trinajstić information content (AvgIpc) is 3.20. The van der Waals surface area contributed by atoms with Crippen molar-refractivity contribution in [2.45, 2.75) is 30.5 Å². The Balaban J connectivity index is 1.14. The van der Waals surface area contributed by atoms with Crippen LogP contribution in [0.4, 0.5) is 0 Å². The lowest BCUT2D eigenvalue weighted by atomic mass is 9.52. The van der Waals surface area contributed by atoms with Gasteiger partial charge in [-0.2, -0.15) is 23.5 Å². The van der Waals surface area contributed by atoms with Gasteiger partial charge in [-0.15, -0.1) is 0 Å². The molecule has 3 nitrogen and oxygen atoms in total. The molecule has 0 amide bonds. The minimum Gasteiger partial charge on any atom is -0.378 e. The Morgan fingerprint density at radius 2 is 1.35 bits per heavy atom. The van der Waals surface area contributed by atoms with Gasteiger partial charge in [0.15, 0.2) is 0 Å². The van der Waals surface area contributed by atoms with Crippen LogP contribution in [0.3, 0.4) is 0 Å². The summed E-state index contributed by atoms with van der Waals surface area (Å²) in [5, 5.41) is 0. The summed E-state index contributed by atoms with van der Waals surface area (Å²) in [4.78, 5) is 0. The van der Waals surface area contributed by atoms with E-state index in [0.29, 0.717) is 11.2 Å². The van der Waals surface area contributed by atoms with E-state index in [1.54, 1.807) is 0 Å². The van der Waals surface area contributed by atoms with Crippen LogP contribution >= 0.6 is 23.5 Å². The standard InChI is InChI=1S/C21H30O3S2/c1-7-25-9-5-22-3-4-23-6-10-26-8-2-21-17-15-12-11-13-14(12)16(17)19(18(15)21)20(1,13)24-21/h12-19H,1-11H2. The van der Waals surface area contributed by atoms with E-state index in [9.17, 15) is 0 Å². The van der Waals surface area contributed by atoms with E-state index in [-0.39, 0.29) is 0 Å². The Hall–Kier alpha value is 0.580. The fraction of sp³-hybridized carbons (Fsp3) is 1.00. The molecule has 2 aliphatic heterocycles. The summed E-state index contributed by atoms with van der Waals surface area (Å²) in [6, 6.07) is 0. The van der Waals surface area contributed by atoms with Crippen molar-refractivity contribution in [3.05, 3.63) is 0 Å². The number of thioether (sulfide) groups is 2. The van der Waals surface area contributed by atoms with Gasteiger partial charge < -0.3 is 14.2 Å². The third-order valence-electron chi connectivity index (χ3n) is 9.56. The largest absolute Gasteiger partial charge is 0.378 e. The summed E-state index contributed by atoms with van der Waals surface area (Å²) >= 11 is 4.17. The Bertz CT molecular complexity index is 610. The molecule has 6 bridgehead atoms. The second kappa shape index (κ2) is 5.59. The van der Waals surface area contributed by atoms with Gasteiger partial charge in [0.1, 0.15) is 0 Å². The molecule has 7 rings (SSSR count). The molecule has 2 saturated heterocycles. The summed E-state index contributed by atoms with van der Waals surface area (Å²) in [7, 11) is 0. The zero-order valence-corrected chi connectivity index (χ0v) is 17.1. The van der Waals surface area contributed by atoms with Crippen molar-refractivity contribution in [2.24, 2.45) is 47.3 Å². The molecule has 7 fully saturated rings. The highest BCUT2D eigenvalue weighted by Gasteiger charge is 2.96. The van der Waals surface area contributed by atoms with Gasteiger partial charge in [0, 0.05) is 11.5 Å². The minimum absolute atomic E-state index is 0.299. The monoisotopic (exact) mass is 394 g/mol. The lowest BCUT2D eigenvalue weighted by Crippen LogP contribution is -2.62. The first-order chi connectivity index (χ1) is 12.9. The molecular weight excluding hydrogens is 364 g/mol. The molecule has 26 heavy (non-hydrogen) atoms. The molecule has 0 aromatic heterocycles. The molecular formula is C21H30O3S2. The van der Waals surface area contributed by atoms with Crippen molar-refractivity contribution in [2.75, 3.05) is 49.4 Å². The Morgan fingerprint density at radius 1 is 0.654 bits per heavy atom. The van der Waals surface area contributed by atoms with Gasteiger partial charge in [-0.3, -0.25) is 0 Å². The van der Waals surface area contributed by atoms with Crippen molar-refractivity contribution in [1.82, 2.24) is 0 Å². The Labute approximate surface area is 165 Å². The quantitative estimate of drug-likeness (QED) is 0.629. The van der Waals surface area contributed by atoms with Crippen LogP contribution in [0.2, 0.25) is 0 Å². The second-order valence-corrected chi connectivity index (χ2v) is 12.2. The summed E-state index contributed by atoms with van der Waals surface area (Å²) in [6.07, 6.45) is 4.16. The van der Waals surface area contributed by atoms with Crippen LogP contribution in [0.25, 0.3) is 0 Å². The predicted molar refractivity (Wildman–Crippen MR) is 105 cm³/mol. The lowest BCUT2D eigenvalue weighted by Gasteiger charge is -2.60. The summed E-state index contributed by atoms with van der Waals surface area (Å²) in [5.74, 6) is 12.9. The molecule has 2 heterocycles. The number of hydrogen-bond acceptors (Lipinski definition) is 5. The number of rotatable bonds is 0. The van der Waals surface area contributed by atoms with Crippen LogP contribution in [0, 0.1) is 47.3 Å². The van der Waals surface area contributed by atoms with Crippen LogP contribution in [-0.4, -0.2) is 60.6 Å². The highest BCUT2D eigenvalue weighted by Crippen LogP contribution is 2.94. The molecule has 144 valence electrons. The molecule has 5 saturated carbocycles. The predicted octanol–water partition coefficient (Wildman–Crippen LogP) is 3.18. The molecule has 5 aliphatic carbocycles. The fourth-order valence-corrected chi connectivity index (χ4v) is 11.1. The van der Waals surface area contributed by atoms with E-state index >= 15 is 0 Å². The normalized spacial score (nSPS) is 62.8. The average molecular weight is 395 g/mol. The molecule has 10 atom stereocenters. The molecule has 0 aromatic carbocycles. The third kappa shape index (κ3) is 1.70. The first-order valence-corrected chi connectivity index (χ1v) is 13.2. The van der Waals surface area contributed by atoms with Gasteiger partial charge in [-0.05, 0) is 78.1 Å². The molecule has 7 aliphatic rings. The van der Waals surface area contributed by atoms with Gasteiger partial charge in [-0.25, -0.2) is 0 Å². The first-order valence-electron chi connectivity index (χ1n) is 10.9. The van der Waals surface area contributed by atoms with Gasteiger partial charge in [0.2, 0.25) is 0 Å². The topological polar surface area (TPSA) is 27.7 Å². The molecule has 0 aromatic rings. The van der Waals surface area contributed by atoms with E-state index in [2.05, 4.69) is 23.5 Å². The highest BCUT2D eigenvalue weighted by molar-refractivity contribution is 7.99. The maximum Gasteiger partial charge on any atom is 0.0766 e. The molecule has 2 spiro atoms. The first kappa shape index (κ1) is 16.4. The molecule has 0 N–H and O–H groups in total. The summed E-state index contributed by atoms with van der Waals surface area (Å²) in [6.45, 7) is 3.24. The molecule has 0 radical (unpaired) electrons. The third-order valence-corrected chi connectivity index (χ3v) is 11.5. The van der Waals surface area contributed by atoms with Crippen LogP contribution in [0.5, 0.6) is 0 Å². The lowest BCUT2D eigenvalue weighted by molar-refractivity contribution is -0.257. The van der Waals surface area contributed by atoms with Gasteiger partial charge in [0.25, 0.3) is 0 Å². The summed E-state index contributed by atoms with van der Waals surface area (Å²) in [5.41, 5.74) is 0.617. The van der Waals surface area contributed by atoms with E-state index in [4.69, 9.17) is 14.2 Å². The maximum absolute atomic E-state index is 7.28. The van der Waals surface area contributed by atoms with E-state index < -0.39 is 0 Å². The van der Waals surface area contributed by atoms with Crippen molar-refractivity contribution in [1.29, 1.82) is 0 Å². The van der Waals surface area contributed by atoms with Crippen molar-refractivity contribution >= 4 is 23.5 Å². The van der Waals surface area contributed by atoms with Crippen molar-refractivity contribution < 1.29 is 14.2 Å². The van der Waals surface area contributed by atoms with E-state index in [1.165, 1.54) is 30.8 Å². The summed E-state index contributed by atoms with van der Waals surface area (Å²) < 4.78 is 18.7. The van der Waals surface area contributed by atoms with Gasteiger partial charge in [0.05, 0.1) is 37.6 Å². The van der Waals surface area contributed by atoms with Crippen molar-refractivity contribution in [3.63, 3.8) is 0 Å². The van der Waals surface area contributed by atoms with E-state index in [1.807, 2.05) is 0 Å². The highest BCUT2D eigenvalue weighted by atomic mass is 32.2. The zero-order valence-electron chi connectivity index (χ0n) is 15.4.